The predicted octanol–water partition coefficient (Wildman–Crippen LogP) is 3.81. The van der Waals surface area contributed by atoms with E-state index in [4.69, 9.17) is 28.5 Å². The number of rotatable bonds is 2. The molecule has 129 valence electrons. The van der Waals surface area contributed by atoms with Crippen molar-refractivity contribution in [1.82, 2.24) is 10.4 Å². The van der Waals surface area contributed by atoms with Crippen molar-refractivity contribution in [3.63, 3.8) is 0 Å². The third-order valence-electron chi connectivity index (χ3n) is 4.17. The first-order valence-electron chi connectivity index (χ1n) is 7.50. The maximum Gasteiger partial charge on any atom is 0.209 e. The van der Waals surface area contributed by atoms with Gasteiger partial charge < -0.3 is 5.32 Å². The van der Waals surface area contributed by atoms with Gasteiger partial charge in [0.15, 0.2) is 6.19 Å². The molecule has 1 heterocycles. The second-order valence-corrected chi connectivity index (χ2v) is 7.85. The molecule has 1 fully saturated rings. The maximum atomic E-state index is 12.5. The van der Waals surface area contributed by atoms with Crippen LogP contribution in [-0.2, 0) is 5.21 Å². The SMILES string of the molecule is CC1(C)CC(N=C(NC#N)Nc2cc(Cl)cc(Cl)c2)C(C)(C)N1[O]. The fourth-order valence-corrected chi connectivity index (χ4v) is 3.52. The standard InChI is InChI=1S/C16H20Cl2N5O/c1-15(2)8-13(16(3,4)23(15)24)22-14(20-9-19)21-12-6-10(17)5-11(18)7-12/h5-7,13H,8H2,1-4H3,(H2,20,21,22). The average molecular weight is 369 g/mol. The molecule has 1 aromatic carbocycles. The van der Waals surface area contributed by atoms with Crippen molar-refractivity contribution in [2.75, 3.05) is 5.32 Å². The van der Waals surface area contributed by atoms with Gasteiger partial charge in [-0.1, -0.05) is 23.2 Å². The van der Waals surface area contributed by atoms with E-state index >= 15 is 0 Å². The lowest BCUT2D eigenvalue weighted by atomic mass is 9.95. The van der Waals surface area contributed by atoms with Gasteiger partial charge in [-0.25, -0.2) is 4.99 Å². The number of hydroxylamine groups is 2. The highest BCUT2D eigenvalue weighted by atomic mass is 35.5. The first-order valence-corrected chi connectivity index (χ1v) is 8.25. The molecule has 6 nitrogen and oxygen atoms in total. The van der Waals surface area contributed by atoms with E-state index in [9.17, 15) is 5.21 Å². The van der Waals surface area contributed by atoms with Crippen molar-refractivity contribution in [2.45, 2.75) is 51.2 Å². The molecular formula is C16H20Cl2N5O. The molecule has 2 N–H and O–H groups in total. The van der Waals surface area contributed by atoms with Gasteiger partial charge in [-0.2, -0.15) is 5.26 Å². The molecule has 1 atom stereocenters. The predicted molar refractivity (Wildman–Crippen MR) is 95.4 cm³/mol. The van der Waals surface area contributed by atoms with E-state index in [-0.39, 0.29) is 12.0 Å². The Kier molecular flexibility index (Phi) is 5.31. The van der Waals surface area contributed by atoms with Crippen LogP contribution in [0.25, 0.3) is 0 Å². The molecule has 0 aliphatic carbocycles. The summed E-state index contributed by atoms with van der Waals surface area (Å²) in [6.07, 6.45) is 2.43. The van der Waals surface area contributed by atoms with Crippen LogP contribution in [0.3, 0.4) is 0 Å². The normalized spacial score (nSPS) is 22.9. The summed E-state index contributed by atoms with van der Waals surface area (Å²) in [4.78, 5) is 4.56. The first-order chi connectivity index (χ1) is 11.1. The minimum absolute atomic E-state index is 0.250. The number of hydrogen-bond acceptors (Lipinski definition) is 3. The van der Waals surface area contributed by atoms with Crippen LogP contribution in [-0.4, -0.2) is 28.1 Å². The highest BCUT2D eigenvalue weighted by Crippen LogP contribution is 2.41. The van der Waals surface area contributed by atoms with Gasteiger partial charge in [-0.3, -0.25) is 5.32 Å². The lowest BCUT2D eigenvalue weighted by Gasteiger charge is -2.32. The van der Waals surface area contributed by atoms with Crippen molar-refractivity contribution in [3.05, 3.63) is 28.2 Å². The zero-order valence-corrected chi connectivity index (χ0v) is 15.5. The molecule has 1 unspecified atom stereocenters. The van der Waals surface area contributed by atoms with Crippen LogP contribution < -0.4 is 10.6 Å². The number of hydrogen-bond donors (Lipinski definition) is 2. The quantitative estimate of drug-likeness (QED) is 0.359. The summed E-state index contributed by atoms with van der Waals surface area (Å²) in [6.45, 7) is 7.48. The van der Waals surface area contributed by atoms with Crippen LogP contribution in [0.5, 0.6) is 0 Å². The van der Waals surface area contributed by atoms with Crippen LogP contribution in [0, 0.1) is 11.5 Å². The summed E-state index contributed by atoms with van der Waals surface area (Å²) in [5, 5.41) is 29.0. The zero-order valence-electron chi connectivity index (χ0n) is 14.0. The van der Waals surface area contributed by atoms with Crippen molar-refractivity contribution in [2.24, 2.45) is 4.99 Å². The van der Waals surface area contributed by atoms with Gasteiger partial charge in [0.1, 0.15) is 0 Å². The van der Waals surface area contributed by atoms with Gasteiger partial charge in [0.05, 0.1) is 11.6 Å². The van der Waals surface area contributed by atoms with Crippen molar-refractivity contribution in [3.8, 4) is 6.19 Å². The number of nitrogens with one attached hydrogen (secondary N) is 2. The molecule has 0 saturated carbocycles. The summed E-state index contributed by atoms with van der Waals surface area (Å²) in [5.74, 6) is 0.250. The Balaban J connectivity index is 2.30. The third kappa shape index (κ3) is 3.93. The Bertz CT molecular complexity index is 676. The molecule has 8 heteroatoms. The molecule has 1 aliphatic rings. The monoisotopic (exact) mass is 368 g/mol. The van der Waals surface area contributed by atoms with E-state index in [1.807, 2.05) is 33.9 Å². The topological polar surface area (TPSA) is 83.3 Å². The second-order valence-electron chi connectivity index (χ2n) is 6.98. The van der Waals surface area contributed by atoms with Crippen LogP contribution >= 0.6 is 23.2 Å². The van der Waals surface area contributed by atoms with E-state index < -0.39 is 11.1 Å². The Morgan fingerprint density at radius 2 is 1.88 bits per heavy atom. The number of anilines is 1. The molecule has 2 rings (SSSR count). The van der Waals surface area contributed by atoms with Crippen LogP contribution in [0.4, 0.5) is 5.69 Å². The van der Waals surface area contributed by atoms with Crippen LogP contribution in [0.15, 0.2) is 23.2 Å². The van der Waals surface area contributed by atoms with E-state index in [0.717, 1.165) is 5.06 Å². The summed E-state index contributed by atoms with van der Waals surface area (Å²) < 4.78 is 0. The first kappa shape index (κ1) is 18.8. The third-order valence-corrected chi connectivity index (χ3v) is 4.60. The van der Waals surface area contributed by atoms with E-state index in [2.05, 4.69) is 15.6 Å². The Morgan fingerprint density at radius 1 is 1.29 bits per heavy atom. The Labute approximate surface area is 152 Å². The van der Waals surface area contributed by atoms with Crippen molar-refractivity contribution < 1.29 is 5.21 Å². The van der Waals surface area contributed by atoms with Crippen molar-refractivity contribution >= 4 is 34.8 Å². The smallest absolute Gasteiger partial charge is 0.209 e. The van der Waals surface area contributed by atoms with Gasteiger partial charge >= 0.3 is 0 Å². The van der Waals surface area contributed by atoms with Gasteiger partial charge in [0, 0.05) is 21.3 Å². The Hall–Kier alpha value is -1.52. The van der Waals surface area contributed by atoms with E-state index in [1.54, 1.807) is 18.2 Å². The summed E-state index contributed by atoms with van der Waals surface area (Å²) in [5.41, 5.74) is -0.600. The lowest BCUT2D eigenvalue weighted by Crippen LogP contribution is -2.47. The van der Waals surface area contributed by atoms with Crippen molar-refractivity contribution in [1.29, 1.82) is 5.26 Å². The average Bonchev–Trinajstić information content (AvgIpc) is 2.58. The fourth-order valence-electron chi connectivity index (χ4n) is 2.99. The highest BCUT2D eigenvalue weighted by molar-refractivity contribution is 6.35. The molecule has 1 saturated heterocycles. The molecule has 1 aliphatic heterocycles. The van der Waals surface area contributed by atoms with Crippen LogP contribution in [0.1, 0.15) is 34.1 Å². The molecule has 0 spiro atoms. The summed E-state index contributed by atoms with van der Waals surface area (Å²) in [6, 6.07) is 4.68. The van der Waals surface area contributed by atoms with Gasteiger partial charge in [-0.05, 0) is 52.3 Å². The number of aliphatic imine (C=N–C) groups is 1. The molecule has 0 aromatic heterocycles. The summed E-state index contributed by atoms with van der Waals surface area (Å²) in [7, 11) is 0. The van der Waals surface area contributed by atoms with Gasteiger partial charge in [-0.15, -0.1) is 10.3 Å². The second kappa shape index (κ2) is 6.77. The zero-order chi connectivity index (χ0) is 18.1. The lowest BCUT2D eigenvalue weighted by molar-refractivity contribution is -0.245. The number of guanidine groups is 1. The number of benzene rings is 1. The Morgan fingerprint density at radius 3 is 2.33 bits per heavy atom. The molecule has 1 aromatic rings. The van der Waals surface area contributed by atoms with E-state index in [0.29, 0.717) is 22.2 Å². The molecule has 0 bridgehead atoms. The van der Waals surface area contributed by atoms with Crippen LogP contribution in [0.2, 0.25) is 10.0 Å². The largest absolute Gasteiger partial charge is 0.325 e. The minimum atomic E-state index is -0.681. The highest BCUT2D eigenvalue weighted by Gasteiger charge is 2.52. The number of nitriles is 1. The molecule has 1 radical (unpaired) electrons. The fraction of sp³-hybridized carbons (Fsp3) is 0.500. The summed E-state index contributed by atoms with van der Waals surface area (Å²) >= 11 is 12.0. The van der Waals surface area contributed by atoms with Gasteiger partial charge in [0.25, 0.3) is 0 Å². The number of nitrogens with zero attached hydrogens (tertiary/aromatic N) is 3. The number of halogens is 2. The maximum absolute atomic E-state index is 12.5. The molecular weight excluding hydrogens is 349 g/mol. The van der Waals surface area contributed by atoms with Gasteiger partial charge in [0.2, 0.25) is 5.96 Å². The minimum Gasteiger partial charge on any atom is -0.325 e. The van der Waals surface area contributed by atoms with E-state index in [1.165, 1.54) is 0 Å². The molecule has 24 heavy (non-hydrogen) atoms. The molecule has 0 amide bonds.